The van der Waals surface area contributed by atoms with Crippen LogP contribution in [0.4, 0.5) is 0 Å². The van der Waals surface area contributed by atoms with Crippen LogP contribution >= 0.6 is 24.0 Å². The van der Waals surface area contributed by atoms with E-state index in [9.17, 15) is 4.79 Å². The molecule has 0 bridgehead atoms. The average Bonchev–Trinajstić information content (AvgIpc) is 3.36. The highest BCUT2D eigenvalue weighted by atomic mass is 127. The Morgan fingerprint density at radius 2 is 1.87 bits per heavy atom. The number of halogens is 1. The molecule has 1 aliphatic heterocycles. The van der Waals surface area contributed by atoms with Crippen molar-refractivity contribution in [2.45, 2.75) is 50.7 Å². The molecule has 3 aliphatic rings. The van der Waals surface area contributed by atoms with Crippen molar-refractivity contribution in [2.24, 2.45) is 10.9 Å². The van der Waals surface area contributed by atoms with Crippen LogP contribution in [0.3, 0.4) is 0 Å². The SMILES string of the molecule is CC1CN(C2CC2)CC1NC(=NCC(=O)N(C)C)NC1CC1.I. The molecule has 0 aromatic carbocycles. The monoisotopic (exact) mass is 435 g/mol. The average molecular weight is 435 g/mol. The van der Waals surface area contributed by atoms with Crippen LogP contribution in [0.15, 0.2) is 4.99 Å². The van der Waals surface area contributed by atoms with E-state index in [1.54, 1.807) is 19.0 Å². The van der Waals surface area contributed by atoms with Crippen molar-refractivity contribution in [3.8, 4) is 0 Å². The van der Waals surface area contributed by atoms with Crippen molar-refractivity contribution in [1.82, 2.24) is 20.4 Å². The summed E-state index contributed by atoms with van der Waals surface area (Å²) in [6.45, 7) is 4.79. The third-order valence-corrected chi connectivity index (χ3v) is 4.82. The lowest BCUT2D eigenvalue weighted by Gasteiger charge is -2.21. The van der Waals surface area contributed by atoms with Gasteiger partial charge in [-0.25, -0.2) is 4.99 Å². The van der Waals surface area contributed by atoms with E-state index in [1.807, 2.05) is 0 Å². The third kappa shape index (κ3) is 5.48. The molecule has 23 heavy (non-hydrogen) atoms. The standard InChI is InChI=1S/C16H29N5O.HI/c1-11-9-21(13-6-7-13)10-14(11)19-16(18-12-4-5-12)17-8-15(22)20(2)3;/h11-14H,4-10H2,1-3H3,(H2,17,18,19);1H. The Labute approximate surface area is 156 Å². The molecule has 3 fully saturated rings. The molecule has 6 nitrogen and oxygen atoms in total. The molecule has 0 aromatic heterocycles. The van der Waals surface area contributed by atoms with Gasteiger partial charge in [-0.3, -0.25) is 9.69 Å². The van der Waals surface area contributed by atoms with Crippen molar-refractivity contribution in [3.05, 3.63) is 0 Å². The number of nitrogens with zero attached hydrogens (tertiary/aromatic N) is 3. The topological polar surface area (TPSA) is 60.0 Å². The number of carbonyl (C=O) groups is 1. The number of rotatable bonds is 5. The Balaban J connectivity index is 0.00000192. The van der Waals surface area contributed by atoms with Gasteiger partial charge in [0.05, 0.1) is 0 Å². The molecule has 1 amide bonds. The molecule has 0 spiro atoms. The van der Waals surface area contributed by atoms with E-state index < -0.39 is 0 Å². The van der Waals surface area contributed by atoms with Gasteiger partial charge in [0.1, 0.15) is 6.54 Å². The Kier molecular flexibility index (Phi) is 6.53. The van der Waals surface area contributed by atoms with Crippen LogP contribution < -0.4 is 10.6 Å². The van der Waals surface area contributed by atoms with Gasteiger partial charge in [-0.2, -0.15) is 0 Å². The molecule has 7 heteroatoms. The lowest BCUT2D eigenvalue weighted by atomic mass is 10.1. The van der Waals surface area contributed by atoms with Gasteiger partial charge in [0, 0.05) is 45.3 Å². The second kappa shape index (κ2) is 8.00. The summed E-state index contributed by atoms with van der Waals surface area (Å²) >= 11 is 0. The predicted molar refractivity (Wildman–Crippen MR) is 103 cm³/mol. The smallest absolute Gasteiger partial charge is 0.243 e. The molecule has 2 aliphatic carbocycles. The molecule has 132 valence electrons. The number of nitrogens with one attached hydrogen (secondary N) is 2. The zero-order valence-corrected chi connectivity index (χ0v) is 16.7. The number of likely N-dealkylation sites (tertiary alicyclic amines) is 1. The molecule has 2 unspecified atom stereocenters. The molecule has 0 aromatic rings. The molecular formula is C16H30IN5O. The lowest BCUT2D eigenvalue weighted by Crippen LogP contribution is -2.47. The Bertz CT molecular complexity index is 448. The molecule has 2 atom stereocenters. The van der Waals surface area contributed by atoms with E-state index in [0.29, 0.717) is 18.0 Å². The molecule has 1 saturated heterocycles. The second-order valence-corrected chi connectivity index (χ2v) is 7.28. The fourth-order valence-corrected chi connectivity index (χ4v) is 2.95. The van der Waals surface area contributed by atoms with Gasteiger partial charge < -0.3 is 15.5 Å². The minimum Gasteiger partial charge on any atom is -0.354 e. The maximum absolute atomic E-state index is 11.8. The van der Waals surface area contributed by atoms with E-state index in [-0.39, 0.29) is 36.4 Å². The summed E-state index contributed by atoms with van der Waals surface area (Å²) in [6.07, 6.45) is 5.13. The largest absolute Gasteiger partial charge is 0.354 e. The number of carbonyl (C=O) groups excluding carboxylic acids is 1. The summed E-state index contributed by atoms with van der Waals surface area (Å²) in [7, 11) is 3.54. The molecular weight excluding hydrogens is 405 g/mol. The van der Waals surface area contributed by atoms with Gasteiger partial charge in [-0.05, 0) is 31.6 Å². The zero-order valence-electron chi connectivity index (χ0n) is 14.4. The number of amides is 1. The van der Waals surface area contributed by atoms with Crippen LogP contribution in [-0.4, -0.2) is 73.5 Å². The van der Waals surface area contributed by atoms with Crippen LogP contribution in [-0.2, 0) is 4.79 Å². The summed E-state index contributed by atoms with van der Waals surface area (Å²) in [5, 5.41) is 7.01. The highest BCUT2D eigenvalue weighted by molar-refractivity contribution is 14.0. The van der Waals surface area contributed by atoms with Crippen LogP contribution in [0.1, 0.15) is 32.6 Å². The Hall–Kier alpha value is -0.570. The molecule has 3 rings (SSSR count). The number of guanidine groups is 1. The van der Waals surface area contributed by atoms with E-state index in [2.05, 4.69) is 27.4 Å². The van der Waals surface area contributed by atoms with Crippen molar-refractivity contribution in [3.63, 3.8) is 0 Å². The fourth-order valence-electron chi connectivity index (χ4n) is 2.95. The van der Waals surface area contributed by atoms with Gasteiger partial charge in [0.25, 0.3) is 0 Å². The Morgan fingerprint density at radius 3 is 2.43 bits per heavy atom. The van der Waals surface area contributed by atoms with Gasteiger partial charge in [-0.1, -0.05) is 6.92 Å². The van der Waals surface area contributed by atoms with E-state index >= 15 is 0 Å². The first-order chi connectivity index (χ1) is 10.5. The van der Waals surface area contributed by atoms with Gasteiger partial charge in [0.2, 0.25) is 5.91 Å². The van der Waals surface area contributed by atoms with Crippen LogP contribution in [0, 0.1) is 5.92 Å². The highest BCUT2D eigenvalue weighted by Gasteiger charge is 2.38. The molecule has 2 saturated carbocycles. The van der Waals surface area contributed by atoms with Crippen molar-refractivity contribution in [1.29, 1.82) is 0 Å². The van der Waals surface area contributed by atoms with E-state index in [4.69, 9.17) is 0 Å². The first kappa shape index (κ1) is 18.8. The first-order valence-corrected chi connectivity index (χ1v) is 8.54. The quantitative estimate of drug-likeness (QED) is 0.383. The normalized spacial score (nSPS) is 28.2. The van der Waals surface area contributed by atoms with Gasteiger partial charge >= 0.3 is 0 Å². The van der Waals surface area contributed by atoms with Crippen molar-refractivity contribution >= 4 is 35.8 Å². The number of aliphatic imine (C=N–C) groups is 1. The second-order valence-electron chi connectivity index (χ2n) is 7.28. The summed E-state index contributed by atoms with van der Waals surface area (Å²) < 4.78 is 0. The summed E-state index contributed by atoms with van der Waals surface area (Å²) in [5.74, 6) is 1.47. The summed E-state index contributed by atoms with van der Waals surface area (Å²) in [5.41, 5.74) is 0. The minimum atomic E-state index is 0. The molecule has 1 heterocycles. The highest BCUT2D eigenvalue weighted by Crippen LogP contribution is 2.31. The summed E-state index contributed by atoms with van der Waals surface area (Å²) in [6, 6.07) is 1.79. The van der Waals surface area contributed by atoms with Crippen LogP contribution in [0.2, 0.25) is 0 Å². The molecule has 0 radical (unpaired) electrons. The van der Waals surface area contributed by atoms with Crippen LogP contribution in [0.25, 0.3) is 0 Å². The van der Waals surface area contributed by atoms with Gasteiger partial charge in [0.15, 0.2) is 5.96 Å². The maximum Gasteiger partial charge on any atom is 0.243 e. The van der Waals surface area contributed by atoms with Crippen molar-refractivity contribution in [2.75, 3.05) is 33.7 Å². The van der Waals surface area contributed by atoms with E-state index in [0.717, 1.165) is 18.5 Å². The fraction of sp³-hybridized carbons (Fsp3) is 0.875. The number of likely N-dealkylation sites (N-methyl/N-ethyl adjacent to an activating group) is 1. The van der Waals surface area contributed by atoms with Crippen LogP contribution in [0.5, 0.6) is 0 Å². The Morgan fingerprint density at radius 1 is 1.17 bits per heavy atom. The maximum atomic E-state index is 11.8. The molecule has 2 N–H and O–H groups in total. The number of hydrogen-bond acceptors (Lipinski definition) is 3. The van der Waals surface area contributed by atoms with Gasteiger partial charge in [-0.15, -0.1) is 24.0 Å². The minimum absolute atomic E-state index is 0. The third-order valence-electron chi connectivity index (χ3n) is 4.82. The zero-order chi connectivity index (χ0) is 15.7. The van der Waals surface area contributed by atoms with E-state index in [1.165, 1.54) is 32.2 Å². The lowest BCUT2D eigenvalue weighted by molar-refractivity contribution is -0.127. The predicted octanol–water partition coefficient (Wildman–Crippen LogP) is 0.873. The first-order valence-electron chi connectivity index (χ1n) is 8.54. The van der Waals surface area contributed by atoms with Crippen molar-refractivity contribution < 1.29 is 4.79 Å². The summed E-state index contributed by atoms with van der Waals surface area (Å²) in [4.78, 5) is 20.4. The number of hydrogen-bond donors (Lipinski definition) is 2.